The number of nitrogens with one attached hydrogen (secondary N) is 2. The van der Waals surface area contributed by atoms with Gasteiger partial charge in [0.25, 0.3) is 5.91 Å². The van der Waals surface area contributed by atoms with Crippen LogP contribution in [-0.4, -0.2) is 71.9 Å². The molecule has 0 aliphatic heterocycles. The molecule has 266 valence electrons. The molecule has 0 aliphatic carbocycles. The second-order valence-corrected chi connectivity index (χ2v) is 14.3. The van der Waals surface area contributed by atoms with Gasteiger partial charge in [0.1, 0.15) is 34.8 Å². The van der Waals surface area contributed by atoms with E-state index in [1.807, 2.05) is 36.4 Å². The molecule has 0 fully saturated rings. The van der Waals surface area contributed by atoms with Gasteiger partial charge in [-0.2, -0.15) is 0 Å². The van der Waals surface area contributed by atoms with Gasteiger partial charge in [0.05, 0.1) is 0 Å². The zero-order chi connectivity index (χ0) is 36.4. The molecular formula is C37H47Cl2N3O7. The van der Waals surface area contributed by atoms with E-state index in [4.69, 9.17) is 37.4 Å². The molecule has 10 nitrogen and oxygen atoms in total. The largest absolute Gasteiger partial charge is 0.460 e. The highest BCUT2D eigenvalue weighted by molar-refractivity contribution is 6.18. The lowest BCUT2D eigenvalue weighted by Crippen LogP contribution is -2.51. The van der Waals surface area contributed by atoms with Gasteiger partial charge >= 0.3 is 11.9 Å². The normalized spacial score (nSPS) is 12.8. The molecule has 12 heteroatoms. The maximum atomic E-state index is 13.1. The summed E-state index contributed by atoms with van der Waals surface area (Å²) in [6.07, 6.45) is -0.147. The monoisotopic (exact) mass is 715 g/mol. The second-order valence-electron chi connectivity index (χ2n) is 13.5. The molecule has 0 aliphatic rings. The molecule has 0 saturated carbocycles. The van der Waals surface area contributed by atoms with Crippen molar-refractivity contribution in [2.24, 2.45) is 0 Å². The average Bonchev–Trinajstić information content (AvgIpc) is 3.01. The van der Waals surface area contributed by atoms with Crippen LogP contribution in [-0.2, 0) is 23.9 Å². The van der Waals surface area contributed by atoms with Gasteiger partial charge < -0.3 is 29.7 Å². The van der Waals surface area contributed by atoms with Crippen molar-refractivity contribution in [2.75, 3.05) is 29.7 Å². The van der Waals surface area contributed by atoms with Crippen LogP contribution < -0.4 is 20.3 Å². The minimum Gasteiger partial charge on any atom is -0.460 e. The highest BCUT2D eigenvalue weighted by atomic mass is 35.5. The number of carbonyl (C=O) groups excluding carboxylic acids is 4. The van der Waals surface area contributed by atoms with Crippen molar-refractivity contribution < 1.29 is 33.4 Å². The summed E-state index contributed by atoms with van der Waals surface area (Å²) >= 11 is 12.1. The van der Waals surface area contributed by atoms with Gasteiger partial charge in [0.15, 0.2) is 0 Å². The van der Waals surface area contributed by atoms with Gasteiger partial charge in [0, 0.05) is 53.3 Å². The molecule has 2 N–H and O–H groups in total. The van der Waals surface area contributed by atoms with E-state index in [9.17, 15) is 19.2 Å². The Bertz CT molecular complexity index is 1590. The van der Waals surface area contributed by atoms with Crippen molar-refractivity contribution in [2.45, 2.75) is 84.6 Å². The number of benzene rings is 3. The van der Waals surface area contributed by atoms with E-state index in [1.165, 1.54) is 6.92 Å². The number of halogens is 2. The molecule has 0 aromatic heterocycles. The molecule has 3 aromatic rings. The van der Waals surface area contributed by atoms with Crippen LogP contribution in [0.3, 0.4) is 0 Å². The Hall–Kier alpha value is -4.02. The maximum absolute atomic E-state index is 13.1. The summed E-state index contributed by atoms with van der Waals surface area (Å²) in [6.45, 7) is 13.1. The Morgan fingerprint density at radius 3 is 1.94 bits per heavy atom. The summed E-state index contributed by atoms with van der Waals surface area (Å²) < 4.78 is 17.0. The average molecular weight is 717 g/mol. The number of anilines is 1. The van der Waals surface area contributed by atoms with Crippen LogP contribution in [0, 0.1) is 0 Å². The lowest BCUT2D eigenvalue weighted by atomic mass is 10.1. The number of hydrogen-bond donors (Lipinski definition) is 2. The highest BCUT2D eigenvalue weighted by Crippen LogP contribution is 2.36. The minimum atomic E-state index is -1.12. The standard InChI is InChI=1S/C37H47Cl2N3O7/c1-24(33(44)41-29(35(46)49-37(5,6)7)16-19-32(43)48-36(2,3)4)40-34(45)25-12-14-26(15-13-25)47-31-18-17-30(42(22-20-38)23-21-39)27-10-8-9-11-28(27)31/h8-15,17-18,24,29H,16,19-23H2,1-7H3,(H,40,45)(H,41,44)/t24-,29-/m0/s1. The van der Waals surface area contributed by atoms with E-state index < -0.39 is 47.0 Å². The van der Waals surface area contributed by atoms with Gasteiger partial charge in [-0.05, 0) is 91.3 Å². The van der Waals surface area contributed by atoms with Crippen molar-refractivity contribution in [3.8, 4) is 11.5 Å². The van der Waals surface area contributed by atoms with Crippen LogP contribution in [0.5, 0.6) is 11.5 Å². The predicted octanol–water partition coefficient (Wildman–Crippen LogP) is 6.98. The molecule has 3 aromatic carbocycles. The van der Waals surface area contributed by atoms with Crippen LogP contribution >= 0.6 is 23.2 Å². The van der Waals surface area contributed by atoms with Crippen molar-refractivity contribution in [3.63, 3.8) is 0 Å². The Balaban J connectivity index is 1.67. The van der Waals surface area contributed by atoms with Crippen molar-refractivity contribution in [1.82, 2.24) is 10.6 Å². The first-order chi connectivity index (χ1) is 23.0. The number of rotatable bonds is 15. The molecular weight excluding hydrogens is 669 g/mol. The second kappa shape index (κ2) is 17.6. The topological polar surface area (TPSA) is 123 Å². The zero-order valence-corrected chi connectivity index (χ0v) is 30.7. The van der Waals surface area contributed by atoms with Crippen LogP contribution in [0.25, 0.3) is 10.8 Å². The van der Waals surface area contributed by atoms with E-state index >= 15 is 0 Å². The predicted molar refractivity (Wildman–Crippen MR) is 194 cm³/mol. The van der Waals surface area contributed by atoms with E-state index in [0.717, 1.165) is 16.5 Å². The quantitative estimate of drug-likeness (QED) is 0.128. The van der Waals surface area contributed by atoms with Crippen LogP contribution in [0.4, 0.5) is 5.69 Å². The first-order valence-electron chi connectivity index (χ1n) is 16.2. The molecule has 2 atom stereocenters. The Kier molecular flexibility index (Phi) is 14.1. The molecule has 0 saturated heterocycles. The fourth-order valence-electron chi connectivity index (χ4n) is 4.90. The van der Waals surface area contributed by atoms with Gasteiger partial charge in [0.2, 0.25) is 5.91 Å². The van der Waals surface area contributed by atoms with Crippen LogP contribution in [0.1, 0.15) is 71.7 Å². The molecule has 49 heavy (non-hydrogen) atoms. The van der Waals surface area contributed by atoms with Gasteiger partial charge in [-0.15, -0.1) is 23.2 Å². The van der Waals surface area contributed by atoms with Gasteiger partial charge in [-0.3, -0.25) is 14.4 Å². The number of esters is 2. The lowest BCUT2D eigenvalue weighted by molar-refractivity contribution is -0.160. The smallest absolute Gasteiger partial charge is 0.329 e. The third-order valence-electron chi connectivity index (χ3n) is 7.06. The van der Waals surface area contributed by atoms with Crippen molar-refractivity contribution >= 4 is 63.4 Å². The fourth-order valence-corrected chi connectivity index (χ4v) is 5.31. The molecule has 0 bridgehead atoms. The number of hydrogen-bond acceptors (Lipinski definition) is 8. The molecule has 0 heterocycles. The van der Waals surface area contributed by atoms with Crippen LogP contribution in [0.2, 0.25) is 0 Å². The van der Waals surface area contributed by atoms with E-state index in [0.29, 0.717) is 41.9 Å². The number of carbonyl (C=O) groups is 4. The maximum Gasteiger partial charge on any atom is 0.329 e. The zero-order valence-electron chi connectivity index (χ0n) is 29.2. The summed E-state index contributed by atoms with van der Waals surface area (Å²) in [4.78, 5) is 53.5. The summed E-state index contributed by atoms with van der Waals surface area (Å²) in [5.41, 5.74) is -0.191. The first-order valence-corrected chi connectivity index (χ1v) is 17.3. The summed E-state index contributed by atoms with van der Waals surface area (Å²) in [7, 11) is 0. The van der Waals surface area contributed by atoms with Crippen molar-refractivity contribution in [3.05, 3.63) is 66.2 Å². The highest BCUT2D eigenvalue weighted by Gasteiger charge is 2.30. The molecule has 0 radical (unpaired) electrons. The molecule has 0 spiro atoms. The van der Waals surface area contributed by atoms with Gasteiger partial charge in [-0.25, -0.2) is 4.79 Å². The fraction of sp³-hybridized carbons (Fsp3) is 0.459. The molecule has 2 amide bonds. The number of amides is 2. The Morgan fingerprint density at radius 2 is 1.37 bits per heavy atom. The summed E-state index contributed by atoms with van der Waals surface area (Å²) in [5.74, 6) is -0.211. The van der Waals surface area contributed by atoms with Crippen molar-refractivity contribution in [1.29, 1.82) is 0 Å². The van der Waals surface area contributed by atoms with Crippen LogP contribution in [0.15, 0.2) is 60.7 Å². The third-order valence-corrected chi connectivity index (χ3v) is 7.40. The number of alkyl halides is 2. The number of nitrogens with zero attached hydrogens (tertiary/aromatic N) is 1. The Morgan fingerprint density at radius 1 is 0.776 bits per heavy atom. The van der Waals surface area contributed by atoms with Gasteiger partial charge in [-0.1, -0.05) is 24.3 Å². The lowest BCUT2D eigenvalue weighted by Gasteiger charge is -2.26. The number of ether oxygens (including phenoxy) is 3. The summed E-state index contributed by atoms with van der Waals surface area (Å²) in [6, 6.07) is 16.2. The third kappa shape index (κ3) is 12.4. The van der Waals surface area contributed by atoms with E-state index in [2.05, 4.69) is 15.5 Å². The first kappa shape index (κ1) is 39.4. The van der Waals surface area contributed by atoms with E-state index in [-0.39, 0.29) is 12.8 Å². The Labute approximate surface area is 298 Å². The molecule has 0 unspecified atom stereocenters. The SMILES string of the molecule is C[C@H](NC(=O)c1ccc(Oc2ccc(N(CCCl)CCCl)c3ccccc23)cc1)C(=O)N[C@@H](CCC(=O)OC(C)(C)C)C(=O)OC(C)(C)C. The molecule has 3 rings (SSSR count). The van der Waals surface area contributed by atoms with E-state index in [1.54, 1.807) is 65.8 Å². The number of fused-ring (bicyclic) bond motifs is 1. The minimum absolute atomic E-state index is 0.0329. The summed E-state index contributed by atoms with van der Waals surface area (Å²) in [5, 5.41) is 7.18.